The molecule has 1 aromatic rings. The van der Waals surface area contributed by atoms with Gasteiger partial charge in [0.2, 0.25) is 0 Å². The van der Waals surface area contributed by atoms with Gasteiger partial charge < -0.3 is 5.11 Å². The average molecular weight is 156 g/mol. The number of nitrogens with zero attached hydrogens (tertiary/aromatic N) is 2. The molecule has 1 aliphatic rings. The van der Waals surface area contributed by atoms with E-state index in [1.54, 1.807) is 6.20 Å². The molecule has 2 rings (SSSR count). The number of aliphatic hydroxyl groups is 1. The van der Waals surface area contributed by atoms with Crippen LogP contribution in [0.25, 0.3) is 0 Å². The molecule has 1 saturated carbocycles. The SMILES string of the molecule is CC1CC1(O)c1cnns1. The summed E-state index contributed by atoms with van der Waals surface area (Å²) in [5.41, 5.74) is -0.575. The molecule has 4 heteroatoms. The fraction of sp³-hybridized carbons (Fsp3) is 0.667. The van der Waals surface area contributed by atoms with Crippen molar-refractivity contribution in [2.75, 3.05) is 0 Å². The second kappa shape index (κ2) is 1.77. The fourth-order valence-corrected chi connectivity index (χ4v) is 1.83. The van der Waals surface area contributed by atoms with Crippen LogP contribution in [0.1, 0.15) is 18.2 Å². The lowest BCUT2D eigenvalue weighted by molar-refractivity contribution is 0.138. The Hall–Kier alpha value is -0.480. The molecule has 1 heterocycles. The molecule has 10 heavy (non-hydrogen) atoms. The minimum atomic E-state index is -0.575. The van der Waals surface area contributed by atoms with E-state index in [4.69, 9.17) is 0 Å². The molecule has 2 unspecified atom stereocenters. The van der Waals surface area contributed by atoms with Gasteiger partial charge in [-0.15, -0.1) is 5.10 Å². The van der Waals surface area contributed by atoms with Crippen molar-refractivity contribution >= 4 is 11.5 Å². The van der Waals surface area contributed by atoms with E-state index < -0.39 is 5.60 Å². The van der Waals surface area contributed by atoms with Crippen LogP contribution in [0.5, 0.6) is 0 Å². The summed E-state index contributed by atoms with van der Waals surface area (Å²) in [6, 6.07) is 0. The zero-order chi connectivity index (χ0) is 7.19. The quantitative estimate of drug-likeness (QED) is 0.653. The van der Waals surface area contributed by atoms with E-state index in [0.29, 0.717) is 5.92 Å². The Morgan fingerprint density at radius 3 is 3.00 bits per heavy atom. The first-order valence-electron chi connectivity index (χ1n) is 3.24. The number of hydrogen-bond donors (Lipinski definition) is 1. The van der Waals surface area contributed by atoms with E-state index in [1.165, 1.54) is 11.5 Å². The fourth-order valence-electron chi connectivity index (χ4n) is 1.11. The van der Waals surface area contributed by atoms with Crippen LogP contribution in [0.2, 0.25) is 0 Å². The lowest BCUT2D eigenvalue weighted by Crippen LogP contribution is -2.04. The maximum Gasteiger partial charge on any atom is 0.105 e. The molecule has 2 atom stereocenters. The van der Waals surface area contributed by atoms with Gasteiger partial charge in [-0.3, -0.25) is 0 Å². The Kier molecular flexibility index (Phi) is 1.10. The predicted molar refractivity (Wildman–Crippen MR) is 37.6 cm³/mol. The summed E-state index contributed by atoms with van der Waals surface area (Å²) < 4.78 is 3.69. The summed E-state index contributed by atoms with van der Waals surface area (Å²) >= 11 is 1.28. The van der Waals surface area contributed by atoms with Gasteiger partial charge in [-0.2, -0.15) is 0 Å². The van der Waals surface area contributed by atoms with Crippen molar-refractivity contribution in [2.24, 2.45) is 5.92 Å². The molecule has 1 fully saturated rings. The Morgan fingerprint density at radius 2 is 2.60 bits per heavy atom. The van der Waals surface area contributed by atoms with Gasteiger partial charge in [0.1, 0.15) is 5.60 Å². The highest BCUT2D eigenvalue weighted by Crippen LogP contribution is 2.52. The van der Waals surface area contributed by atoms with Crippen LogP contribution in [0.15, 0.2) is 6.20 Å². The molecule has 0 bridgehead atoms. The van der Waals surface area contributed by atoms with Gasteiger partial charge in [-0.05, 0) is 23.9 Å². The minimum Gasteiger partial charge on any atom is -0.384 e. The lowest BCUT2D eigenvalue weighted by atomic mass is 10.2. The Morgan fingerprint density at radius 1 is 1.90 bits per heavy atom. The Balaban J connectivity index is 2.30. The first-order valence-corrected chi connectivity index (χ1v) is 4.01. The number of rotatable bonds is 1. The Bertz CT molecular complexity index is 236. The van der Waals surface area contributed by atoms with Crippen molar-refractivity contribution < 1.29 is 5.11 Å². The summed E-state index contributed by atoms with van der Waals surface area (Å²) in [7, 11) is 0. The second-order valence-corrected chi connectivity index (χ2v) is 3.60. The third-order valence-corrected chi connectivity index (χ3v) is 2.89. The zero-order valence-corrected chi connectivity index (χ0v) is 6.43. The summed E-state index contributed by atoms with van der Waals surface area (Å²) in [4.78, 5) is 0.903. The highest BCUT2D eigenvalue weighted by Gasteiger charge is 2.52. The molecule has 0 aromatic carbocycles. The third-order valence-electron chi connectivity index (χ3n) is 2.06. The van der Waals surface area contributed by atoms with Crippen LogP contribution in [-0.4, -0.2) is 14.7 Å². The maximum absolute atomic E-state index is 9.69. The van der Waals surface area contributed by atoms with Gasteiger partial charge in [0.25, 0.3) is 0 Å². The zero-order valence-electron chi connectivity index (χ0n) is 5.61. The molecule has 1 aliphatic carbocycles. The van der Waals surface area contributed by atoms with E-state index in [9.17, 15) is 5.11 Å². The molecular formula is C6H8N2OS. The Labute approximate surface area is 62.9 Å². The molecule has 0 radical (unpaired) electrons. The molecule has 1 N–H and O–H groups in total. The second-order valence-electron chi connectivity index (χ2n) is 2.81. The topological polar surface area (TPSA) is 46.0 Å². The summed E-state index contributed by atoms with van der Waals surface area (Å²) in [6.07, 6.45) is 2.50. The van der Waals surface area contributed by atoms with E-state index in [-0.39, 0.29) is 0 Å². The van der Waals surface area contributed by atoms with Crippen molar-refractivity contribution in [3.63, 3.8) is 0 Å². The van der Waals surface area contributed by atoms with Gasteiger partial charge in [-0.1, -0.05) is 11.4 Å². The van der Waals surface area contributed by atoms with Gasteiger partial charge in [0.15, 0.2) is 0 Å². The van der Waals surface area contributed by atoms with E-state index in [1.807, 2.05) is 6.92 Å². The molecule has 1 aromatic heterocycles. The van der Waals surface area contributed by atoms with Gasteiger partial charge >= 0.3 is 0 Å². The summed E-state index contributed by atoms with van der Waals surface area (Å²) in [5.74, 6) is 0.384. The maximum atomic E-state index is 9.69. The van der Waals surface area contributed by atoms with E-state index in [0.717, 1.165) is 11.3 Å². The summed E-state index contributed by atoms with van der Waals surface area (Å²) in [5, 5.41) is 13.4. The van der Waals surface area contributed by atoms with E-state index in [2.05, 4.69) is 9.59 Å². The smallest absolute Gasteiger partial charge is 0.105 e. The lowest BCUT2D eigenvalue weighted by Gasteiger charge is -2.01. The van der Waals surface area contributed by atoms with Crippen LogP contribution in [0.3, 0.4) is 0 Å². The van der Waals surface area contributed by atoms with Crippen molar-refractivity contribution in [3.05, 3.63) is 11.1 Å². The molecule has 0 spiro atoms. The first kappa shape index (κ1) is 6.24. The van der Waals surface area contributed by atoms with Crippen LogP contribution in [0, 0.1) is 5.92 Å². The van der Waals surface area contributed by atoms with Crippen molar-refractivity contribution in [1.82, 2.24) is 9.59 Å². The van der Waals surface area contributed by atoms with Gasteiger partial charge in [0.05, 0.1) is 11.1 Å². The molecule has 0 aliphatic heterocycles. The van der Waals surface area contributed by atoms with Crippen LogP contribution < -0.4 is 0 Å². The molecule has 3 nitrogen and oxygen atoms in total. The normalized spacial score (nSPS) is 38.0. The van der Waals surface area contributed by atoms with Crippen molar-refractivity contribution in [3.8, 4) is 0 Å². The monoisotopic (exact) mass is 156 g/mol. The predicted octanol–water partition coefficient (Wildman–Crippen LogP) is 0.766. The highest BCUT2D eigenvalue weighted by molar-refractivity contribution is 7.05. The van der Waals surface area contributed by atoms with Crippen molar-refractivity contribution in [2.45, 2.75) is 18.9 Å². The number of hydrogen-bond acceptors (Lipinski definition) is 4. The van der Waals surface area contributed by atoms with Crippen LogP contribution in [-0.2, 0) is 5.60 Å². The molecule has 54 valence electrons. The third kappa shape index (κ3) is 0.690. The number of aromatic nitrogens is 2. The average Bonchev–Trinajstić information content (AvgIpc) is 2.35. The van der Waals surface area contributed by atoms with Gasteiger partial charge in [0, 0.05) is 0 Å². The van der Waals surface area contributed by atoms with Crippen LogP contribution >= 0.6 is 11.5 Å². The van der Waals surface area contributed by atoms with E-state index >= 15 is 0 Å². The highest BCUT2D eigenvalue weighted by atomic mass is 32.1. The molecule has 0 saturated heterocycles. The largest absolute Gasteiger partial charge is 0.384 e. The first-order chi connectivity index (χ1) is 4.73. The molecule has 0 amide bonds. The standard InChI is InChI=1S/C6H8N2OS/c1-4-2-6(4,9)5-3-7-8-10-5/h3-4,9H,2H2,1H3. The van der Waals surface area contributed by atoms with Gasteiger partial charge in [-0.25, -0.2) is 0 Å². The molecular weight excluding hydrogens is 148 g/mol. The van der Waals surface area contributed by atoms with Crippen molar-refractivity contribution in [1.29, 1.82) is 0 Å². The summed E-state index contributed by atoms with van der Waals surface area (Å²) in [6.45, 7) is 2.03. The van der Waals surface area contributed by atoms with Crippen LogP contribution in [0.4, 0.5) is 0 Å². The minimum absolute atomic E-state index is 0.384.